The van der Waals surface area contributed by atoms with E-state index >= 15 is 0 Å². The lowest BCUT2D eigenvalue weighted by Gasteiger charge is -2.36. The molecule has 0 spiro atoms. The second-order valence-corrected chi connectivity index (χ2v) is 8.44. The smallest absolute Gasteiger partial charge is 0.292 e. The molecule has 2 saturated heterocycles. The molecule has 0 aliphatic carbocycles. The first kappa shape index (κ1) is 19.8. The Morgan fingerprint density at radius 2 is 1.04 bits per heavy atom. The van der Waals surface area contributed by atoms with E-state index < -0.39 is 46.0 Å². The molecule has 10 heteroatoms. The molecule has 0 bridgehead atoms. The Morgan fingerprint density at radius 1 is 0.760 bits per heavy atom. The summed E-state index contributed by atoms with van der Waals surface area (Å²) in [6.07, 6.45) is 0. The summed E-state index contributed by atoms with van der Waals surface area (Å²) in [5, 5.41) is 0. The third kappa shape index (κ3) is 2.75. The first-order valence-electron chi connectivity index (χ1n) is 7.85. The second kappa shape index (κ2) is 6.02. The van der Waals surface area contributed by atoms with Crippen LogP contribution in [-0.2, 0) is 9.59 Å². The lowest BCUT2D eigenvalue weighted by molar-refractivity contribution is -0.133. The number of halogens is 2. The van der Waals surface area contributed by atoms with Crippen LogP contribution in [-0.4, -0.2) is 72.2 Å². The van der Waals surface area contributed by atoms with Crippen molar-refractivity contribution in [3.63, 3.8) is 0 Å². The van der Waals surface area contributed by atoms with Crippen molar-refractivity contribution in [2.45, 2.75) is 63.6 Å². The summed E-state index contributed by atoms with van der Waals surface area (Å²) in [5.41, 5.74) is -4.04. The fourth-order valence-electron chi connectivity index (χ4n) is 2.98. The molecule has 0 N–H and O–H groups in total. The van der Waals surface area contributed by atoms with Crippen LogP contribution >= 0.6 is 23.2 Å². The van der Waals surface area contributed by atoms with Crippen LogP contribution in [0.2, 0.25) is 0 Å². The monoisotopic (exact) mass is 392 g/mol. The van der Waals surface area contributed by atoms with Gasteiger partial charge in [-0.2, -0.15) is 0 Å². The van der Waals surface area contributed by atoms with Gasteiger partial charge in [0.1, 0.15) is 28.7 Å². The Balaban J connectivity index is 2.38. The van der Waals surface area contributed by atoms with Crippen LogP contribution in [0.4, 0.5) is 9.59 Å². The standard InChI is InChI=1S/C15H22Cl2N4O4/c1-8(16)20-10(22)14(3,4)18(12(20)24)7-19-13(25)21(9(2)17)11(23)15(19,5)6/h8-9H,7H2,1-6H3. The summed E-state index contributed by atoms with van der Waals surface area (Å²) in [5.74, 6) is -0.920. The summed E-state index contributed by atoms with van der Waals surface area (Å²) in [4.78, 5) is 54.7. The Morgan fingerprint density at radius 3 is 1.24 bits per heavy atom. The molecule has 2 fully saturated rings. The van der Waals surface area contributed by atoms with Crippen molar-refractivity contribution >= 4 is 47.1 Å². The summed E-state index contributed by atoms with van der Waals surface area (Å²) < 4.78 is 0. The molecular weight excluding hydrogens is 371 g/mol. The topological polar surface area (TPSA) is 81.2 Å². The number of urea groups is 2. The van der Waals surface area contributed by atoms with Crippen LogP contribution in [0.3, 0.4) is 0 Å². The summed E-state index contributed by atoms with van der Waals surface area (Å²) in [6, 6.07) is -1.21. The van der Waals surface area contributed by atoms with Gasteiger partial charge in [-0.1, -0.05) is 23.2 Å². The van der Waals surface area contributed by atoms with Crippen molar-refractivity contribution in [3.05, 3.63) is 0 Å². The van der Waals surface area contributed by atoms with Gasteiger partial charge in [0.15, 0.2) is 0 Å². The van der Waals surface area contributed by atoms with E-state index in [1.165, 1.54) is 23.6 Å². The molecule has 25 heavy (non-hydrogen) atoms. The lowest BCUT2D eigenvalue weighted by atomic mass is 10.0. The van der Waals surface area contributed by atoms with Gasteiger partial charge in [-0.05, 0) is 41.5 Å². The Bertz CT molecular complexity index is 593. The SMILES string of the molecule is CC(Cl)N1C(=O)N(CN2C(=O)N(C(C)Cl)C(=O)C2(C)C)C(C)(C)C1=O. The molecule has 0 saturated carbocycles. The number of carbonyl (C=O) groups is 4. The van der Waals surface area contributed by atoms with Crippen LogP contribution in [0.1, 0.15) is 41.5 Å². The molecule has 0 radical (unpaired) electrons. The van der Waals surface area contributed by atoms with Crippen molar-refractivity contribution < 1.29 is 19.2 Å². The average Bonchev–Trinajstić information content (AvgIpc) is 2.72. The summed E-state index contributed by atoms with van der Waals surface area (Å²) >= 11 is 11.9. The van der Waals surface area contributed by atoms with Crippen LogP contribution in [0.15, 0.2) is 0 Å². The molecule has 2 rings (SSSR count). The van der Waals surface area contributed by atoms with Gasteiger partial charge in [0, 0.05) is 0 Å². The highest BCUT2D eigenvalue weighted by atomic mass is 35.5. The van der Waals surface area contributed by atoms with Gasteiger partial charge < -0.3 is 0 Å². The number of rotatable bonds is 4. The number of hydrogen-bond donors (Lipinski definition) is 0. The third-order valence-corrected chi connectivity index (χ3v) is 5.09. The highest BCUT2D eigenvalue weighted by molar-refractivity contribution is 6.24. The van der Waals surface area contributed by atoms with Gasteiger partial charge in [-0.25, -0.2) is 19.4 Å². The minimum absolute atomic E-state index is 0.227. The highest BCUT2D eigenvalue weighted by Crippen LogP contribution is 2.35. The van der Waals surface area contributed by atoms with Gasteiger partial charge in [0.25, 0.3) is 11.8 Å². The summed E-state index contributed by atoms with van der Waals surface area (Å²) in [6.45, 7) is 9.10. The molecule has 0 aromatic heterocycles. The Kier molecular flexibility index (Phi) is 4.76. The fourth-order valence-corrected chi connectivity index (χ4v) is 3.32. The predicted molar refractivity (Wildman–Crippen MR) is 91.8 cm³/mol. The van der Waals surface area contributed by atoms with Crippen molar-refractivity contribution in [2.75, 3.05) is 6.67 Å². The Hall–Kier alpha value is -1.54. The molecule has 2 aliphatic heterocycles. The molecule has 2 unspecified atom stereocenters. The zero-order chi connectivity index (χ0) is 19.5. The number of amides is 6. The number of carbonyl (C=O) groups excluding carboxylic acids is 4. The van der Waals surface area contributed by atoms with Gasteiger partial charge in [0.2, 0.25) is 0 Å². The number of hydrogen-bond acceptors (Lipinski definition) is 4. The molecular formula is C15H22Cl2N4O4. The summed E-state index contributed by atoms with van der Waals surface area (Å²) in [7, 11) is 0. The lowest BCUT2D eigenvalue weighted by Crippen LogP contribution is -2.55. The minimum atomic E-state index is -1.19. The van der Waals surface area contributed by atoms with Crippen molar-refractivity contribution in [3.8, 4) is 0 Å². The van der Waals surface area contributed by atoms with Gasteiger partial charge >= 0.3 is 12.1 Å². The van der Waals surface area contributed by atoms with Gasteiger partial charge in [-0.15, -0.1) is 0 Å². The fraction of sp³-hybridized carbons (Fsp3) is 0.733. The van der Waals surface area contributed by atoms with Crippen LogP contribution < -0.4 is 0 Å². The first-order chi connectivity index (χ1) is 11.3. The maximum absolute atomic E-state index is 12.7. The molecule has 0 aromatic carbocycles. The highest BCUT2D eigenvalue weighted by Gasteiger charge is 2.58. The molecule has 140 valence electrons. The number of alkyl halides is 2. The van der Waals surface area contributed by atoms with E-state index in [2.05, 4.69) is 0 Å². The van der Waals surface area contributed by atoms with E-state index in [0.29, 0.717) is 0 Å². The third-order valence-electron chi connectivity index (χ3n) is 4.70. The van der Waals surface area contributed by atoms with Crippen molar-refractivity contribution in [1.82, 2.24) is 19.6 Å². The van der Waals surface area contributed by atoms with E-state index in [1.807, 2.05) is 0 Å². The van der Waals surface area contributed by atoms with E-state index in [0.717, 1.165) is 9.80 Å². The van der Waals surface area contributed by atoms with Crippen molar-refractivity contribution in [2.24, 2.45) is 0 Å². The Labute approximate surface area is 156 Å². The predicted octanol–water partition coefficient (Wildman–Crippen LogP) is 2.20. The molecule has 0 aromatic rings. The van der Waals surface area contributed by atoms with E-state index in [4.69, 9.17) is 23.2 Å². The molecule has 6 amide bonds. The largest absolute Gasteiger partial charge is 0.330 e. The second-order valence-electron chi connectivity index (χ2n) is 7.18. The van der Waals surface area contributed by atoms with Crippen molar-refractivity contribution in [1.29, 1.82) is 0 Å². The van der Waals surface area contributed by atoms with Crippen LogP contribution in [0, 0.1) is 0 Å². The molecule has 2 atom stereocenters. The number of nitrogens with zero attached hydrogens (tertiary/aromatic N) is 4. The van der Waals surface area contributed by atoms with Crippen LogP contribution in [0.25, 0.3) is 0 Å². The maximum atomic E-state index is 12.7. The molecule has 2 aliphatic rings. The van der Waals surface area contributed by atoms with Crippen LogP contribution in [0.5, 0.6) is 0 Å². The minimum Gasteiger partial charge on any atom is -0.292 e. The quantitative estimate of drug-likeness (QED) is 0.417. The normalized spacial score (nSPS) is 25.3. The van der Waals surface area contributed by atoms with E-state index in [1.54, 1.807) is 27.7 Å². The van der Waals surface area contributed by atoms with E-state index in [-0.39, 0.29) is 6.67 Å². The van der Waals surface area contributed by atoms with Gasteiger partial charge in [0.05, 0.1) is 0 Å². The van der Waals surface area contributed by atoms with E-state index in [9.17, 15) is 19.2 Å². The maximum Gasteiger partial charge on any atom is 0.330 e. The molecule has 8 nitrogen and oxygen atoms in total. The first-order valence-corrected chi connectivity index (χ1v) is 8.72. The zero-order valence-electron chi connectivity index (χ0n) is 15.0. The number of imide groups is 2. The van der Waals surface area contributed by atoms with Gasteiger partial charge in [-0.3, -0.25) is 19.4 Å². The molecule has 2 heterocycles. The average molecular weight is 393 g/mol. The zero-order valence-corrected chi connectivity index (χ0v) is 16.6.